The number of carbonyl (C=O) groups excluding carboxylic acids is 1. The molecule has 0 aliphatic carbocycles. The molecule has 0 saturated carbocycles. The number of likely N-dealkylation sites (tertiary alicyclic amines) is 1. The van der Waals surface area contributed by atoms with Crippen LogP contribution in [0.3, 0.4) is 0 Å². The maximum absolute atomic E-state index is 12.6. The van der Waals surface area contributed by atoms with Crippen molar-refractivity contribution >= 4 is 33.7 Å². The maximum atomic E-state index is 12.6. The fourth-order valence-corrected chi connectivity index (χ4v) is 4.09. The molecule has 2 aliphatic heterocycles. The molecule has 2 amide bonds. The Bertz CT molecular complexity index is 956. The van der Waals surface area contributed by atoms with Gasteiger partial charge in [0.25, 0.3) is 0 Å². The normalized spacial score (nSPS) is 23.1. The number of hydrogen-bond acceptors (Lipinski definition) is 3. The predicted molar refractivity (Wildman–Crippen MR) is 96.8 cm³/mol. The lowest BCUT2D eigenvalue weighted by atomic mass is 9.87. The van der Waals surface area contributed by atoms with Crippen molar-refractivity contribution in [3.63, 3.8) is 0 Å². The maximum Gasteiger partial charge on any atom is 0.321 e. The topological polar surface area (TPSA) is 54.7 Å². The average molecular weight is 336 g/mol. The number of nitrogens with zero attached hydrogens (tertiary/aromatic N) is 1. The Kier molecular flexibility index (Phi) is 3.25. The number of rotatable bonds is 1. The van der Waals surface area contributed by atoms with Gasteiger partial charge in [-0.25, -0.2) is 4.79 Å². The van der Waals surface area contributed by atoms with E-state index in [2.05, 4.69) is 5.32 Å². The van der Waals surface area contributed by atoms with Gasteiger partial charge in [0.2, 0.25) is 0 Å². The molecule has 3 aromatic rings. The third-order valence-corrected chi connectivity index (χ3v) is 5.54. The van der Waals surface area contributed by atoms with Crippen molar-refractivity contribution in [3.05, 3.63) is 42.5 Å². The van der Waals surface area contributed by atoms with Crippen molar-refractivity contribution in [2.24, 2.45) is 5.41 Å². The molecule has 1 unspecified atom stereocenters. The molecule has 5 heteroatoms. The summed E-state index contributed by atoms with van der Waals surface area (Å²) in [6.07, 6.45) is 2.09. The Hall–Kier alpha value is -2.53. The van der Waals surface area contributed by atoms with Crippen LogP contribution in [0.5, 0.6) is 0 Å². The number of ether oxygens (including phenoxy) is 1. The number of hydrogen-bond donors (Lipinski definition) is 1. The summed E-state index contributed by atoms with van der Waals surface area (Å²) >= 11 is 0. The number of carbonyl (C=O) groups is 1. The Morgan fingerprint density at radius 3 is 2.84 bits per heavy atom. The van der Waals surface area contributed by atoms with Crippen molar-refractivity contribution < 1.29 is 13.9 Å². The molecule has 3 heterocycles. The third-order valence-electron chi connectivity index (χ3n) is 5.54. The number of urea groups is 1. The van der Waals surface area contributed by atoms with E-state index in [9.17, 15) is 4.79 Å². The monoisotopic (exact) mass is 336 g/mol. The van der Waals surface area contributed by atoms with Crippen LogP contribution in [-0.4, -0.2) is 37.2 Å². The molecule has 1 aromatic heterocycles. The molecule has 0 radical (unpaired) electrons. The number of nitrogens with one attached hydrogen (secondary N) is 1. The Balaban J connectivity index is 1.37. The van der Waals surface area contributed by atoms with Crippen molar-refractivity contribution in [2.45, 2.75) is 12.8 Å². The number of fused-ring (bicyclic) bond motifs is 3. The standard InChI is InChI=1S/C20H20N2O3/c23-19(22-9-7-20(12-22)8-10-24-13-20)21-14-5-6-16-15-3-1-2-4-17(15)25-18(16)11-14/h1-6,11H,7-10,12-13H2,(H,21,23). The minimum absolute atomic E-state index is 0.0424. The summed E-state index contributed by atoms with van der Waals surface area (Å²) in [5.74, 6) is 0. The largest absolute Gasteiger partial charge is 0.456 e. The molecule has 25 heavy (non-hydrogen) atoms. The fourth-order valence-electron chi connectivity index (χ4n) is 4.09. The van der Waals surface area contributed by atoms with Gasteiger partial charge in [0.1, 0.15) is 11.2 Å². The van der Waals surface area contributed by atoms with E-state index in [1.54, 1.807) is 0 Å². The number of amides is 2. The molecule has 1 N–H and O–H groups in total. The van der Waals surface area contributed by atoms with Crippen LogP contribution >= 0.6 is 0 Å². The highest BCUT2D eigenvalue weighted by Crippen LogP contribution is 2.38. The van der Waals surface area contributed by atoms with Crippen LogP contribution in [0.25, 0.3) is 21.9 Å². The van der Waals surface area contributed by atoms with Gasteiger partial charge < -0.3 is 19.4 Å². The zero-order valence-corrected chi connectivity index (χ0v) is 14.0. The summed E-state index contributed by atoms with van der Waals surface area (Å²) < 4.78 is 11.4. The van der Waals surface area contributed by atoms with Crippen molar-refractivity contribution in [3.8, 4) is 0 Å². The second-order valence-electron chi connectivity index (χ2n) is 7.21. The van der Waals surface area contributed by atoms with Crippen LogP contribution in [0.4, 0.5) is 10.5 Å². The number of para-hydroxylation sites is 1. The number of benzene rings is 2. The molecule has 128 valence electrons. The van der Waals surface area contributed by atoms with Crippen LogP contribution in [0.2, 0.25) is 0 Å². The van der Waals surface area contributed by atoms with E-state index in [0.717, 1.165) is 66.8 Å². The van der Waals surface area contributed by atoms with Gasteiger partial charge in [-0.05, 0) is 31.0 Å². The van der Waals surface area contributed by atoms with Crippen LogP contribution in [0.1, 0.15) is 12.8 Å². The van der Waals surface area contributed by atoms with Gasteiger partial charge in [-0.2, -0.15) is 0 Å². The summed E-state index contributed by atoms with van der Waals surface area (Å²) in [6, 6.07) is 13.8. The quantitative estimate of drug-likeness (QED) is 0.723. The molecule has 5 rings (SSSR count). The van der Waals surface area contributed by atoms with Gasteiger partial charge in [-0.15, -0.1) is 0 Å². The Morgan fingerprint density at radius 2 is 1.96 bits per heavy atom. The zero-order valence-electron chi connectivity index (χ0n) is 14.0. The van der Waals surface area contributed by atoms with Crippen molar-refractivity contribution in [1.29, 1.82) is 0 Å². The highest BCUT2D eigenvalue weighted by Gasteiger charge is 2.42. The summed E-state index contributed by atoms with van der Waals surface area (Å²) in [5.41, 5.74) is 2.60. The van der Waals surface area contributed by atoms with Gasteiger partial charge in [0.15, 0.2) is 0 Å². The lowest BCUT2D eigenvalue weighted by Gasteiger charge is -2.22. The first-order chi connectivity index (χ1) is 12.2. The Morgan fingerprint density at radius 1 is 1.08 bits per heavy atom. The summed E-state index contributed by atoms with van der Waals surface area (Å²) in [6.45, 7) is 3.17. The summed E-state index contributed by atoms with van der Waals surface area (Å²) in [4.78, 5) is 14.5. The van der Waals surface area contributed by atoms with Gasteiger partial charge in [-0.1, -0.05) is 18.2 Å². The molecule has 2 aromatic carbocycles. The van der Waals surface area contributed by atoms with Crippen LogP contribution in [0.15, 0.2) is 46.9 Å². The van der Waals surface area contributed by atoms with Gasteiger partial charge in [-0.3, -0.25) is 0 Å². The van der Waals surface area contributed by atoms with Crippen LogP contribution < -0.4 is 5.32 Å². The molecule has 1 spiro atoms. The molecule has 0 bridgehead atoms. The SMILES string of the molecule is O=C(Nc1ccc2c(c1)oc1ccccc12)N1CCC2(CCOC2)C1. The minimum Gasteiger partial charge on any atom is -0.456 e. The fraction of sp³-hybridized carbons (Fsp3) is 0.350. The van der Waals surface area contributed by atoms with Gasteiger partial charge >= 0.3 is 6.03 Å². The van der Waals surface area contributed by atoms with E-state index in [-0.39, 0.29) is 11.4 Å². The summed E-state index contributed by atoms with van der Waals surface area (Å²) in [5, 5.41) is 5.17. The zero-order chi connectivity index (χ0) is 16.9. The lowest BCUT2D eigenvalue weighted by molar-refractivity contribution is 0.154. The highest BCUT2D eigenvalue weighted by molar-refractivity contribution is 6.06. The molecule has 2 saturated heterocycles. The average Bonchev–Trinajstić information content (AvgIpc) is 3.34. The molecule has 2 fully saturated rings. The van der Waals surface area contributed by atoms with E-state index in [0.29, 0.717) is 0 Å². The minimum atomic E-state index is -0.0424. The predicted octanol–water partition coefficient (Wildman–Crippen LogP) is 4.23. The smallest absolute Gasteiger partial charge is 0.321 e. The molecule has 1 atom stereocenters. The van der Waals surface area contributed by atoms with Crippen molar-refractivity contribution in [1.82, 2.24) is 4.90 Å². The van der Waals surface area contributed by atoms with Crippen molar-refractivity contribution in [2.75, 3.05) is 31.6 Å². The first-order valence-corrected chi connectivity index (χ1v) is 8.78. The van der Waals surface area contributed by atoms with E-state index < -0.39 is 0 Å². The Labute approximate surface area is 145 Å². The molecular weight excluding hydrogens is 316 g/mol. The number of anilines is 1. The van der Waals surface area contributed by atoms with E-state index >= 15 is 0 Å². The summed E-state index contributed by atoms with van der Waals surface area (Å²) in [7, 11) is 0. The van der Waals surface area contributed by atoms with E-state index in [4.69, 9.17) is 9.15 Å². The second kappa shape index (κ2) is 5.49. The van der Waals surface area contributed by atoms with E-state index in [1.807, 2.05) is 47.4 Å². The lowest BCUT2D eigenvalue weighted by Crippen LogP contribution is -2.35. The van der Waals surface area contributed by atoms with Gasteiger partial charge in [0.05, 0.1) is 6.61 Å². The first kappa shape index (κ1) is 14.8. The van der Waals surface area contributed by atoms with Crippen LogP contribution in [0, 0.1) is 5.41 Å². The number of furan rings is 1. The van der Waals surface area contributed by atoms with Crippen LogP contribution in [-0.2, 0) is 4.74 Å². The first-order valence-electron chi connectivity index (χ1n) is 8.78. The third kappa shape index (κ3) is 2.46. The highest BCUT2D eigenvalue weighted by atomic mass is 16.5. The second-order valence-corrected chi connectivity index (χ2v) is 7.21. The van der Waals surface area contributed by atoms with Gasteiger partial charge in [0, 0.05) is 47.6 Å². The molecule has 2 aliphatic rings. The van der Waals surface area contributed by atoms with E-state index in [1.165, 1.54) is 0 Å². The molecule has 5 nitrogen and oxygen atoms in total. The molecular formula is C20H20N2O3.